The second-order valence-electron chi connectivity index (χ2n) is 4.28. The third-order valence-electron chi connectivity index (χ3n) is 2.75. The summed E-state index contributed by atoms with van der Waals surface area (Å²) in [4.78, 5) is 15.7. The first-order valence-corrected chi connectivity index (χ1v) is 7.07. The summed E-state index contributed by atoms with van der Waals surface area (Å²) in [7, 11) is 0. The second kappa shape index (κ2) is 6.30. The summed E-state index contributed by atoms with van der Waals surface area (Å²) in [6, 6.07) is 4.87. The number of rotatable bonds is 3. The molecule has 0 atom stereocenters. The van der Waals surface area contributed by atoms with Crippen LogP contribution in [0.4, 0.5) is 13.2 Å². The van der Waals surface area contributed by atoms with Gasteiger partial charge in [-0.3, -0.25) is 9.79 Å². The summed E-state index contributed by atoms with van der Waals surface area (Å²) < 4.78 is 37.1. The molecule has 20 heavy (non-hydrogen) atoms. The second-order valence-corrected chi connectivity index (χ2v) is 5.36. The number of hydrogen-bond donors (Lipinski definition) is 1. The van der Waals surface area contributed by atoms with Crippen LogP contribution in [0.25, 0.3) is 0 Å². The van der Waals surface area contributed by atoms with Crippen molar-refractivity contribution in [3.05, 3.63) is 35.4 Å². The summed E-state index contributed by atoms with van der Waals surface area (Å²) in [5, 5.41) is 3.31. The molecule has 0 radical (unpaired) electrons. The molecule has 7 heteroatoms. The van der Waals surface area contributed by atoms with Gasteiger partial charge in [0.2, 0.25) is 5.91 Å². The molecule has 0 aromatic heterocycles. The maximum absolute atomic E-state index is 12.4. The van der Waals surface area contributed by atoms with Gasteiger partial charge in [-0.05, 0) is 24.1 Å². The van der Waals surface area contributed by atoms with Crippen LogP contribution in [0, 0.1) is 0 Å². The van der Waals surface area contributed by atoms with Gasteiger partial charge < -0.3 is 5.32 Å². The predicted molar refractivity (Wildman–Crippen MR) is 72.7 cm³/mol. The van der Waals surface area contributed by atoms with Gasteiger partial charge in [0.1, 0.15) is 0 Å². The Balaban J connectivity index is 1.83. The third kappa shape index (κ3) is 4.26. The SMILES string of the molecule is O=C(CCc1ccc(C(F)(F)F)cc1)NC1=NCCS1. The third-order valence-corrected chi connectivity index (χ3v) is 3.65. The van der Waals surface area contributed by atoms with Crippen LogP contribution in [0.1, 0.15) is 17.5 Å². The van der Waals surface area contributed by atoms with Crippen molar-refractivity contribution < 1.29 is 18.0 Å². The van der Waals surface area contributed by atoms with Crippen LogP contribution in [0.2, 0.25) is 0 Å². The number of carbonyl (C=O) groups is 1. The molecule has 0 saturated heterocycles. The maximum atomic E-state index is 12.4. The summed E-state index contributed by atoms with van der Waals surface area (Å²) >= 11 is 1.49. The number of hydrogen-bond acceptors (Lipinski definition) is 3. The molecule has 1 aromatic rings. The summed E-state index contributed by atoms with van der Waals surface area (Å²) in [6.07, 6.45) is -3.69. The van der Waals surface area contributed by atoms with Crippen LogP contribution < -0.4 is 5.32 Å². The van der Waals surface area contributed by atoms with E-state index in [2.05, 4.69) is 10.3 Å². The van der Waals surface area contributed by atoms with E-state index in [-0.39, 0.29) is 12.3 Å². The lowest BCUT2D eigenvalue weighted by atomic mass is 10.1. The Kier molecular flexibility index (Phi) is 4.69. The van der Waals surface area contributed by atoms with Gasteiger partial charge >= 0.3 is 6.18 Å². The van der Waals surface area contributed by atoms with Crippen molar-refractivity contribution in [2.45, 2.75) is 19.0 Å². The quantitative estimate of drug-likeness (QED) is 0.933. The number of halogens is 3. The minimum atomic E-state index is -4.33. The molecule has 0 bridgehead atoms. The number of thioether (sulfide) groups is 1. The highest BCUT2D eigenvalue weighted by atomic mass is 32.2. The molecule has 3 nitrogen and oxygen atoms in total. The van der Waals surface area contributed by atoms with Crippen molar-refractivity contribution in [3.8, 4) is 0 Å². The fraction of sp³-hybridized carbons (Fsp3) is 0.385. The number of benzene rings is 1. The van der Waals surface area contributed by atoms with Gasteiger partial charge in [-0.25, -0.2) is 0 Å². The van der Waals surface area contributed by atoms with Gasteiger partial charge in [0.05, 0.1) is 12.1 Å². The normalized spacial score (nSPS) is 15.1. The van der Waals surface area contributed by atoms with E-state index in [4.69, 9.17) is 0 Å². The fourth-order valence-electron chi connectivity index (χ4n) is 1.71. The van der Waals surface area contributed by atoms with E-state index in [9.17, 15) is 18.0 Å². The van der Waals surface area contributed by atoms with Crippen LogP contribution in [0.3, 0.4) is 0 Å². The number of aliphatic imine (C=N–C) groups is 1. The predicted octanol–water partition coefficient (Wildman–Crippen LogP) is 2.86. The van der Waals surface area contributed by atoms with Crippen LogP contribution in [0.5, 0.6) is 0 Å². The maximum Gasteiger partial charge on any atom is 0.416 e. The van der Waals surface area contributed by atoms with Crippen LogP contribution in [-0.2, 0) is 17.4 Å². The van der Waals surface area contributed by atoms with Crippen molar-refractivity contribution >= 4 is 22.8 Å². The van der Waals surface area contributed by atoms with E-state index in [0.29, 0.717) is 23.7 Å². The zero-order valence-corrected chi connectivity index (χ0v) is 11.4. The minimum Gasteiger partial charge on any atom is -0.305 e. The van der Waals surface area contributed by atoms with Crippen LogP contribution in [0.15, 0.2) is 29.3 Å². The van der Waals surface area contributed by atoms with E-state index in [1.54, 1.807) is 0 Å². The molecule has 1 aromatic carbocycles. The van der Waals surface area contributed by atoms with Crippen molar-refractivity contribution in [3.63, 3.8) is 0 Å². The molecule has 1 N–H and O–H groups in total. The van der Waals surface area contributed by atoms with Gasteiger partial charge in [-0.2, -0.15) is 13.2 Å². The fourth-order valence-corrected chi connectivity index (χ4v) is 2.46. The zero-order valence-electron chi connectivity index (χ0n) is 10.5. The highest BCUT2D eigenvalue weighted by molar-refractivity contribution is 8.14. The molecule has 1 aliphatic heterocycles. The first-order chi connectivity index (χ1) is 9.45. The van der Waals surface area contributed by atoms with Crippen molar-refractivity contribution in [2.75, 3.05) is 12.3 Å². The highest BCUT2D eigenvalue weighted by Crippen LogP contribution is 2.29. The lowest BCUT2D eigenvalue weighted by Gasteiger charge is -2.08. The van der Waals surface area contributed by atoms with E-state index < -0.39 is 11.7 Å². The molecule has 0 saturated carbocycles. The molecule has 2 rings (SSSR count). The molecule has 0 fully saturated rings. The van der Waals surface area contributed by atoms with E-state index >= 15 is 0 Å². The Labute approximate surface area is 118 Å². The van der Waals surface area contributed by atoms with E-state index in [0.717, 1.165) is 17.9 Å². The number of amidine groups is 1. The first kappa shape index (κ1) is 14.9. The Bertz CT molecular complexity index is 511. The van der Waals surface area contributed by atoms with Crippen LogP contribution in [-0.4, -0.2) is 23.4 Å². The number of nitrogens with one attached hydrogen (secondary N) is 1. The van der Waals surface area contributed by atoms with Crippen molar-refractivity contribution in [1.29, 1.82) is 0 Å². The molecule has 1 aliphatic rings. The van der Waals surface area contributed by atoms with E-state index in [1.807, 2.05) is 0 Å². The highest BCUT2D eigenvalue weighted by Gasteiger charge is 2.29. The first-order valence-electron chi connectivity index (χ1n) is 6.08. The standard InChI is InChI=1S/C13H13F3N2OS/c14-13(15,16)10-4-1-9(2-5-10)3-6-11(19)18-12-17-7-8-20-12/h1-2,4-5H,3,6-8H2,(H,17,18,19). The molecule has 1 heterocycles. The van der Waals surface area contributed by atoms with Gasteiger partial charge in [0, 0.05) is 12.2 Å². The number of aryl methyl sites for hydroxylation is 1. The lowest BCUT2D eigenvalue weighted by Crippen LogP contribution is -2.27. The van der Waals surface area contributed by atoms with Gasteiger partial charge in [0.15, 0.2) is 5.17 Å². The molecular formula is C13H13F3N2OS. The van der Waals surface area contributed by atoms with Gasteiger partial charge in [-0.15, -0.1) is 0 Å². The molecule has 108 valence electrons. The zero-order chi connectivity index (χ0) is 14.6. The number of nitrogens with zero attached hydrogens (tertiary/aromatic N) is 1. The largest absolute Gasteiger partial charge is 0.416 e. The number of amides is 1. The lowest BCUT2D eigenvalue weighted by molar-refractivity contribution is -0.137. The average molecular weight is 302 g/mol. The molecular weight excluding hydrogens is 289 g/mol. The summed E-state index contributed by atoms with van der Waals surface area (Å²) in [5.74, 6) is 0.701. The molecule has 0 aliphatic carbocycles. The van der Waals surface area contributed by atoms with Crippen molar-refractivity contribution in [1.82, 2.24) is 5.32 Å². The topological polar surface area (TPSA) is 41.5 Å². The summed E-state index contributed by atoms with van der Waals surface area (Å²) in [5.41, 5.74) is 0.0246. The average Bonchev–Trinajstić information content (AvgIpc) is 2.88. The smallest absolute Gasteiger partial charge is 0.305 e. The van der Waals surface area contributed by atoms with Gasteiger partial charge in [0.25, 0.3) is 0 Å². The number of carbonyl (C=O) groups excluding carboxylic acids is 1. The Morgan fingerprint density at radius 3 is 2.55 bits per heavy atom. The van der Waals surface area contributed by atoms with Crippen molar-refractivity contribution in [2.24, 2.45) is 4.99 Å². The molecule has 0 unspecified atom stereocenters. The minimum absolute atomic E-state index is 0.168. The van der Waals surface area contributed by atoms with Gasteiger partial charge in [-0.1, -0.05) is 23.9 Å². The summed E-state index contributed by atoms with van der Waals surface area (Å²) in [6.45, 7) is 0.708. The van der Waals surface area contributed by atoms with E-state index in [1.165, 1.54) is 23.9 Å². The molecule has 1 amide bonds. The number of alkyl halides is 3. The monoisotopic (exact) mass is 302 g/mol. The Morgan fingerprint density at radius 2 is 2.00 bits per heavy atom. The van der Waals surface area contributed by atoms with Crippen LogP contribution >= 0.6 is 11.8 Å². The molecule has 0 spiro atoms. The Hall–Kier alpha value is -1.50. The Morgan fingerprint density at radius 1 is 1.30 bits per heavy atom.